The molecular weight excluding hydrogens is 292 g/mol. The minimum Gasteiger partial charge on any atom is -0.469 e. The molecule has 0 spiro atoms. The molecule has 0 amide bonds. The largest absolute Gasteiger partial charge is 0.469 e. The summed E-state index contributed by atoms with van der Waals surface area (Å²) in [4.78, 5) is 11.0. The number of ether oxygens (including phenoxy) is 2. The molecule has 2 aliphatic heterocycles. The predicted molar refractivity (Wildman–Crippen MR) is 76.3 cm³/mol. The van der Waals surface area contributed by atoms with Gasteiger partial charge in [-0.05, 0) is 19.4 Å². The average molecular weight is 316 g/mol. The lowest BCUT2D eigenvalue weighted by molar-refractivity contribution is -0.208. The van der Waals surface area contributed by atoms with Gasteiger partial charge in [0, 0.05) is 18.3 Å². The number of rotatable bonds is 8. The van der Waals surface area contributed by atoms with Crippen molar-refractivity contribution in [3.05, 3.63) is 11.9 Å². The summed E-state index contributed by atoms with van der Waals surface area (Å²) >= 11 is 0. The summed E-state index contributed by atoms with van der Waals surface area (Å²) in [6.07, 6.45) is 0.0715. The molecule has 0 bridgehead atoms. The number of hydrogen-bond donors (Lipinski definition) is 5. The summed E-state index contributed by atoms with van der Waals surface area (Å²) in [7, 11) is 1.36. The van der Waals surface area contributed by atoms with Crippen molar-refractivity contribution in [3.63, 3.8) is 0 Å². The highest BCUT2D eigenvalue weighted by Crippen LogP contribution is 2.32. The van der Waals surface area contributed by atoms with Gasteiger partial charge in [-0.25, -0.2) is 0 Å². The minimum atomic E-state index is -1.13. The van der Waals surface area contributed by atoms with E-state index in [9.17, 15) is 20.1 Å². The Morgan fingerprint density at radius 2 is 2.14 bits per heavy atom. The van der Waals surface area contributed by atoms with Crippen molar-refractivity contribution in [2.75, 3.05) is 20.3 Å². The summed E-state index contributed by atoms with van der Waals surface area (Å²) < 4.78 is 10.2. The number of esters is 1. The lowest BCUT2D eigenvalue weighted by Gasteiger charge is -2.41. The topological polar surface area (TPSA) is 130 Å². The number of methoxy groups -OCH3 is 1. The molecule has 0 aliphatic carbocycles. The van der Waals surface area contributed by atoms with E-state index in [4.69, 9.17) is 4.74 Å². The van der Waals surface area contributed by atoms with Crippen molar-refractivity contribution in [1.82, 2.24) is 10.6 Å². The van der Waals surface area contributed by atoms with Gasteiger partial charge >= 0.3 is 5.97 Å². The van der Waals surface area contributed by atoms with E-state index in [-0.39, 0.29) is 12.6 Å². The molecule has 0 aromatic heterocycles. The lowest BCUT2D eigenvalue weighted by atomic mass is 9.89. The zero-order chi connectivity index (χ0) is 16.1. The monoisotopic (exact) mass is 316 g/mol. The van der Waals surface area contributed by atoms with Gasteiger partial charge in [-0.2, -0.15) is 0 Å². The van der Waals surface area contributed by atoms with Gasteiger partial charge in [0.15, 0.2) is 0 Å². The molecule has 1 saturated heterocycles. The van der Waals surface area contributed by atoms with Gasteiger partial charge in [0.05, 0.1) is 25.7 Å². The van der Waals surface area contributed by atoms with E-state index in [2.05, 4.69) is 15.4 Å². The highest BCUT2D eigenvalue weighted by atomic mass is 16.5. The van der Waals surface area contributed by atoms with Gasteiger partial charge in [0.2, 0.25) is 0 Å². The zero-order valence-electron chi connectivity index (χ0n) is 12.6. The molecule has 2 heterocycles. The fourth-order valence-electron chi connectivity index (χ4n) is 2.61. The smallest absolute Gasteiger partial charge is 0.305 e. The molecule has 0 aromatic carbocycles. The van der Waals surface area contributed by atoms with Crippen LogP contribution in [0.5, 0.6) is 0 Å². The van der Waals surface area contributed by atoms with E-state index in [0.717, 1.165) is 12.1 Å². The first-order valence-electron chi connectivity index (χ1n) is 7.47. The Kier molecular flexibility index (Phi) is 6.16. The molecule has 1 fully saturated rings. The zero-order valence-corrected chi connectivity index (χ0v) is 12.6. The van der Waals surface area contributed by atoms with Crippen LogP contribution in [0.1, 0.15) is 19.3 Å². The Hall–Kier alpha value is -1.19. The van der Waals surface area contributed by atoms with Gasteiger partial charge in [0.1, 0.15) is 18.4 Å². The number of hydrogen-bond acceptors (Lipinski definition) is 8. The summed E-state index contributed by atoms with van der Waals surface area (Å²) in [6.45, 7) is 0.227. The fourth-order valence-corrected chi connectivity index (χ4v) is 2.61. The van der Waals surface area contributed by atoms with Crippen molar-refractivity contribution in [1.29, 1.82) is 0 Å². The van der Waals surface area contributed by atoms with Crippen molar-refractivity contribution >= 4 is 5.97 Å². The number of unbranched alkanes of at least 4 members (excludes halogenated alkanes) is 1. The van der Waals surface area contributed by atoms with Crippen LogP contribution in [0.25, 0.3) is 0 Å². The maximum atomic E-state index is 11.0. The second-order valence-electron chi connectivity index (χ2n) is 5.52. The predicted octanol–water partition coefficient (Wildman–Crippen LogP) is -1.58. The molecule has 2 rings (SSSR count). The highest BCUT2D eigenvalue weighted by molar-refractivity contribution is 5.68. The molecule has 8 nitrogen and oxygen atoms in total. The third kappa shape index (κ3) is 4.17. The molecule has 0 aromatic rings. The number of carbonyl (C=O) groups excluding carboxylic acids is 1. The quantitative estimate of drug-likeness (QED) is 0.268. The van der Waals surface area contributed by atoms with E-state index in [1.165, 1.54) is 7.11 Å². The summed E-state index contributed by atoms with van der Waals surface area (Å²) in [5.74, 6) is -0.642. The van der Waals surface area contributed by atoms with E-state index >= 15 is 0 Å². The van der Waals surface area contributed by atoms with E-state index in [1.807, 2.05) is 0 Å². The molecule has 5 unspecified atom stereocenters. The van der Waals surface area contributed by atoms with Crippen LogP contribution >= 0.6 is 0 Å². The summed E-state index contributed by atoms with van der Waals surface area (Å²) in [5.41, 5.74) is 0.815. The van der Waals surface area contributed by atoms with Crippen LogP contribution in [0.2, 0.25) is 0 Å². The van der Waals surface area contributed by atoms with Crippen molar-refractivity contribution in [3.8, 4) is 0 Å². The number of aliphatic hydroxyl groups excluding tert-OH is 3. The molecule has 8 heteroatoms. The Morgan fingerprint density at radius 3 is 2.73 bits per heavy atom. The number of nitrogens with one attached hydrogen (secondary N) is 2. The van der Waals surface area contributed by atoms with Gasteiger partial charge < -0.3 is 30.1 Å². The first-order chi connectivity index (χ1) is 10.6. The van der Waals surface area contributed by atoms with Crippen LogP contribution < -0.4 is 10.6 Å². The first-order valence-corrected chi connectivity index (χ1v) is 7.47. The van der Waals surface area contributed by atoms with Crippen LogP contribution in [0.3, 0.4) is 0 Å². The van der Waals surface area contributed by atoms with Crippen LogP contribution in [0.4, 0.5) is 0 Å². The van der Waals surface area contributed by atoms with Crippen LogP contribution in [-0.2, 0) is 14.3 Å². The van der Waals surface area contributed by atoms with Crippen LogP contribution in [0.15, 0.2) is 11.9 Å². The van der Waals surface area contributed by atoms with Gasteiger partial charge in [-0.15, -0.1) is 0 Å². The van der Waals surface area contributed by atoms with E-state index in [1.54, 1.807) is 6.20 Å². The Morgan fingerprint density at radius 1 is 1.41 bits per heavy atom. The van der Waals surface area contributed by atoms with E-state index in [0.29, 0.717) is 19.4 Å². The third-order valence-electron chi connectivity index (χ3n) is 3.98. The van der Waals surface area contributed by atoms with Crippen LogP contribution in [0, 0.1) is 5.92 Å². The summed E-state index contributed by atoms with van der Waals surface area (Å²) in [5, 5.41) is 35.4. The molecule has 126 valence electrons. The van der Waals surface area contributed by atoms with E-state index < -0.39 is 30.5 Å². The highest BCUT2D eigenvalue weighted by Gasteiger charge is 2.47. The molecule has 0 radical (unpaired) electrons. The maximum Gasteiger partial charge on any atom is 0.305 e. The SMILES string of the molecule is COC(=O)CCCCNC1OC(CO)C(O)C(O)C1C1=CN1. The number of carbonyl (C=O) groups is 1. The van der Waals surface area contributed by atoms with Crippen molar-refractivity contribution < 1.29 is 29.6 Å². The summed E-state index contributed by atoms with van der Waals surface area (Å²) in [6, 6.07) is 0. The number of aliphatic hydroxyl groups is 3. The first kappa shape index (κ1) is 17.2. The standard InChI is InChI=1S/C14H24N2O6/c1-21-10(18)4-2-3-5-15-14-11(8-6-16-8)13(20)12(19)9(7-17)22-14/h6,9,11-17,19-20H,2-5,7H2,1H3. The maximum absolute atomic E-state index is 11.0. The fraction of sp³-hybridized carbons (Fsp3) is 0.786. The molecule has 0 saturated carbocycles. The third-order valence-corrected chi connectivity index (χ3v) is 3.98. The molecule has 5 atom stereocenters. The molecular formula is C14H24N2O6. The Labute approximate surface area is 129 Å². The molecule has 5 N–H and O–H groups in total. The lowest BCUT2D eigenvalue weighted by Crippen LogP contribution is -2.59. The normalized spacial score (nSPS) is 33.8. The minimum absolute atomic E-state index is 0.238. The second-order valence-corrected chi connectivity index (χ2v) is 5.52. The van der Waals surface area contributed by atoms with Crippen LogP contribution in [-0.4, -0.2) is 66.1 Å². The van der Waals surface area contributed by atoms with Gasteiger partial charge in [-0.1, -0.05) is 0 Å². The van der Waals surface area contributed by atoms with Crippen molar-refractivity contribution in [2.45, 2.75) is 43.8 Å². The van der Waals surface area contributed by atoms with Crippen molar-refractivity contribution in [2.24, 2.45) is 5.92 Å². The molecule has 2 aliphatic rings. The average Bonchev–Trinajstić information content (AvgIpc) is 3.34. The Balaban J connectivity index is 1.81. The second kappa shape index (κ2) is 7.89. The van der Waals surface area contributed by atoms with Gasteiger partial charge in [-0.3, -0.25) is 10.1 Å². The Bertz CT molecular complexity index is 416. The molecule has 22 heavy (non-hydrogen) atoms. The van der Waals surface area contributed by atoms with Gasteiger partial charge in [0.25, 0.3) is 0 Å².